The van der Waals surface area contributed by atoms with Gasteiger partial charge in [-0.3, -0.25) is 9.59 Å². The van der Waals surface area contributed by atoms with Gasteiger partial charge in [-0.05, 0) is 75.4 Å². The summed E-state index contributed by atoms with van der Waals surface area (Å²) in [5, 5.41) is 0.0176. The van der Waals surface area contributed by atoms with E-state index in [1.165, 1.54) is 4.31 Å². The Bertz CT molecular complexity index is 1000. The van der Waals surface area contributed by atoms with E-state index in [1.807, 2.05) is 20.8 Å². The second-order valence-electron chi connectivity index (χ2n) is 14.0. The molecule has 2 saturated carbocycles. The third kappa shape index (κ3) is 4.94. The molecule has 0 unspecified atom stereocenters. The number of ether oxygens (including phenoxy) is 1. The van der Waals surface area contributed by atoms with Crippen molar-refractivity contribution in [3.63, 3.8) is 0 Å². The number of hydrogen-bond donors (Lipinski definition) is 0. The number of hydrogen-bond acceptors (Lipinski definition) is 6. The molecule has 7 nitrogen and oxygen atoms in total. The highest BCUT2D eigenvalue weighted by Gasteiger charge is 2.72. The quantitative estimate of drug-likeness (QED) is 0.265. The monoisotopic (exact) mass is 557 g/mol. The summed E-state index contributed by atoms with van der Waals surface area (Å²) in [5.41, 5.74) is -0.470. The van der Waals surface area contributed by atoms with E-state index >= 15 is 0 Å². The van der Waals surface area contributed by atoms with Crippen LogP contribution in [0.1, 0.15) is 94.4 Å². The van der Waals surface area contributed by atoms with Gasteiger partial charge in [0.15, 0.2) is 8.32 Å². The Morgan fingerprint density at radius 1 is 1.05 bits per heavy atom. The average Bonchev–Trinajstić information content (AvgIpc) is 3.26. The first-order chi connectivity index (χ1) is 16.8. The molecule has 214 valence electrons. The molecule has 9 heteroatoms. The number of nitrogens with zero attached hydrogens (tertiary/aromatic N) is 1. The second kappa shape index (κ2) is 9.92. The first-order valence-electron chi connectivity index (χ1n) is 14.2. The molecule has 1 spiro atoms. The topological polar surface area (TPSA) is 90.0 Å². The molecule has 1 aliphatic heterocycles. The molecule has 1 amide bonds. The van der Waals surface area contributed by atoms with Crippen LogP contribution in [0.5, 0.6) is 0 Å². The van der Waals surface area contributed by atoms with Crippen LogP contribution in [0.4, 0.5) is 0 Å². The summed E-state index contributed by atoms with van der Waals surface area (Å²) in [4.78, 5) is 27.0. The van der Waals surface area contributed by atoms with Gasteiger partial charge in [-0.1, -0.05) is 48.5 Å². The SMILES string of the molecule is CC[C@H](O[Si](C)(C)C(C)(C)C)[C@H](C)C(=O)O[C@@H](CC)[C@@H](C)C(=O)N1[C@@H]2C[C@H]3CC[C@]2(CS1(=O)=O)C3(C)C. The van der Waals surface area contributed by atoms with Crippen LogP contribution in [-0.4, -0.2) is 56.9 Å². The molecule has 0 aromatic heterocycles. The van der Waals surface area contributed by atoms with Crippen LogP contribution in [0.25, 0.3) is 0 Å². The number of carbonyl (C=O) groups is 2. The number of rotatable bonds is 9. The van der Waals surface area contributed by atoms with Crippen molar-refractivity contribution in [3.8, 4) is 0 Å². The van der Waals surface area contributed by atoms with Crippen LogP contribution in [-0.2, 0) is 28.8 Å². The van der Waals surface area contributed by atoms with E-state index in [0.29, 0.717) is 18.8 Å². The van der Waals surface area contributed by atoms with Gasteiger partial charge in [0.2, 0.25) is 15.9 Å². The van der Waals surface area contributed by atoms with E-state index in [-0.39, 0.29) is 39.7 Å². The second-order valence-corrected chi connectivity index (χ2v) is 20.6. The van der Waals surface area contributed by atoms with E-state index in [0.717, 1.165) is 19.3 Å². The van der Waals surface area contributed by atoms with Gasteiger partial charge in [0.1, 0.15) is 6.10 Å². The van der Waals surface area contributed by atoms with Crippen molar-refractivity contribution < 1.29 is 27.2 Å². The van der Waals surface area contributed by atoms with Gasteiger partial charge in [-0.2, -0.15) is 0 Å². The van der Waals surface area contributed by atoms with E-state index < -0.39 is 42.2 Å². The zero-order chi connectivity index (χ0) is 28.4. The van der Waals surface area contributed by atoms with Gasteiger partial charge in [0.05, 0.1) is 29.7 Å². The van der Waals surface area contributed by atoms with Crippen LogP contribution < -0.4 is 0 Å². The molecule has 0 aromatic carbocycles. The molecule has 37 heavy (non-hydrogen) atoms. The molecule has 2 aliphatic carbocycles. The van der Waals surface area contributed by atoms with Crippen molar-refractivity contribution in [2.24, 2.45) is 28.6 Å². The third-order valence-electron chi connectivity index (χ3n) is 10.8. The molecule has 3 fully saturated rings. The molecule has 0 aromatic rings. The first kappa shape index (κ1) is 30.6. The fraction of sp³-hybridized carbons (Fsp3) is 0.929. The lowest BCUT2D eigenvalue weighted by Crippen LogP contribution is -2.49. The van der Waals surface area contributed by atoms with Crippen LogP contribution in [0.3, 0.4) is 0 Å². The standard InChI is InChI=1S/C28H51NO6SSi/c1-12-21(34-25(31)19(4)22(13-2)35-37(10,11)26(5,6)7)18(3)24(30)29-23-16-20-14-15-28(23,27(20,8)9)17-36(29,32)33/h18-23H,12-17H2,1-11H3/t18-,19+,20-,21+,22+,23-,28-/m1/s1. The van der Waals surface area contributed by atoms with Crippen molar-refractivity contribution in [1.82, 2.24) is 4.31 Å². The lowest BCUT2D eigenvalue weighted by Gasteiger charge is -2.40. The summed E-state index contributed by atoms with van der Waals surface area (Å²) < 4.78 is 40.4. The van der Waals surface area contributed by atoms with Crippen LogP contribution >= 0.6 is 0 Å². The van der Waals surface area contributed by atoms with Gasteiger partial charge in [0.25, 0.3) is 0 Å². The number of carbonyl (C=O) groups excluding carboxylic acids is 2. The molecule has 7 atom stereocenters. The average molecular weight is 558 g/mol. The zero-order valence-corrected chi connectivity index (χ0v) is 26.8. The smallest absolute Gasteiger partial charge is 0.311 e. The fourth-order valence-corrected chi connectivity index (χ4v) is 11.1. The van der Waals surface area contributed by atoms with E-state index in [4.69, 9.17) is 9.16 Å². The van der Waals surface area contributed by atoms with Crippen molar-refractivity contribution in [2.75, 3.05) is 5.75 Å². The fourth-order valence-electron chi connectivity index (χ4n) is 6.98. The maximum Gasteiger partial charge on any atom is 0.311 e. The van der Waals surface area contributed by atoms with Crippen LogP contribution in [0.15, 0.2) is 0 Å². The number of sulfonamides is 1. The van der Waals surface area contributed by atoms with Crippen molar-refractivity contribution in [1.29, 1.82) is 0 Å². The number of amides is 1. The molecule has 0 N–H and O–H groups in total. The van der Waals surface area contributed by atoms with Gasteiger partial charge in [-0.25, -0.2) is 12.7 Å². The highest BCUT2D eigenvalue weighted by atomic mass is 32.2. The Labute approximate surface area is 226 Å². The minimum absolute atomic E-state index is 0.0176. The maximum absolute atomic E-state index is 13.8. The summed E-state index contributed by atoms with van der Waals surface area (Å²) in [6.45, 7) is 22.6. The molecular weight excluding hydrogens is 506 g/mol. The summed E-state index contributed by atoms with van der Waals surface area (Å²) in [6.07, 6.45) is 2.77. The number of esters is 1. The molecule has 0 radical (unpaired) electrons. The summed E-state index contributed by atoms with van der Waals surface area (Å²) >= 11 is 0. The third-order valence-corrected chi connectivity index (χ3v) is 17.2. The molecule has 3 rings (SSSR count). The lowest BCUT2D eigenvalue weighted by molar-refractivity contribution is -0.162. The predicted octanol–water partition coefficient (Wildman–Crippen LogP) is 5.75. The van der Waals surface area contributed by atoms with Crippen molar-refractivity contribution in [2.45, 2.75) is 131 Å². The number of fused-ring (bicyclic) bond motifs is 1. The van der Waals surface area contributed by atoms with E-state index in [1.54, 1.807) is 6.92 Å². The van der Waals surface area contributed by atoms with Gasteiger partial charge in [0, 0.05) is 5.41 Å². The van der Waals surface area contributed by atoms with E-state index in [2.05, 4.69) is 47.7 Å². The normalized spacial score (nSPS) is 31.5. The largest absolute Gasteiger partial charge is 0.461 e. The molecule has 2 bridgehead atoms. The highest BCUT2D eigenvalue weighted by Crippen LogP contribution is 2.70. The predicted molar refractivity (Wildman–Crippen MR) is 149 cm³/mol. The Hall–Kier alpha value is -0.933. The lowest BCUT2D eigenvalue weighted by atomic mass is 9.69. The zero-order valence-electron chi connectivity index (χ0n) is 25.0. The summed E-state index contributed by atoms with van der Waals surface area (Å²) in [6, 6.07) is -0.282. The van der Waals surface area contributed by atoms with Crippen LogP contribution in [0.2, 0.25) is 18.1 Å². The Morgan fingerprint density at radius 3 is 2.11 bits per heavy atom. The van der Waals surface area contributed by atoms with Gasteiger partial charge >= 0.3 is 5.97 Å². The van der Waals surface area contributed by atoms with Crippen molar-refractivity contribution >= 4 is 30.2 Å². The molecule has 1 saturated heterocycles. The van der Waals surface area contributed by atoms with Crippen LogP contribution in [0, 0.1) is 28.6 Å². The Balaban J connectivity index is 1.75. The van der Waals surface area contributed by atoms with Gasteiger partial charge < -0.3 is 9.16 Å². The maximum atomic E-state index is 13.8. The Morgan fingerprint density at radius 2 is 1.62 bits per heavy atom. The molecular formula is C28H51NO6SSi. The highest BCUT2D eigenvalue weighted by molar-refractivity contribution is 7.90. The Kier molecular flexibility index (Phi) is 8.20. The first-order valence-corrected chi connectivity index (χ1v) is 18.7. The summed E-state index contributed by atoms with van der Waals surface area (Å²) in [5.74, 6) is -1.56. The molecule has 3 aliphatic rings. The van der Waals surface area contributed by atoms with Gasteiger partial charge in [-0.15, -0.1) is 0 Å². The molecule has 1 heterocycles. The van der Waals surface area contributed by atoms with E-state index in [9.17, 15) is 18.0 Å². The minimum atomic E-state index is -3.72. The van der Waals surface area contributed by atoms with Crippen molar-refractivity contribution in [3.05, 3.63) is 0 Å². The summed E-state index contributed by atoms with van der Waals surface area (Å²) in [7, 11) is -5.80. The minimum Gasteiger partial charge on any atom is -0.461 e.